The van der Waals surface area contributed by atoms with Gasteiger partial charge in [-0.3, -0.25) is 4.79 Å². The maximum Gasteiger partial charge on any atom is 0.243 e. The predicted octanol–water partition coefficient (Wildman–Crippen LogP) is 5.60. The molecule has 1 N–H and O–H groups in total. The zero-order chi connectivity index (χ0) is 24.2. The van der Waals surface area contributed by atoms with Gasteiger partial charge in [-0.1, -0.05) is 52.7 Å². The number of rotatable bonds is 8. The molecule has 0 aliphatic heterocycles. The average Bonchev–Trinajstić information content (AvgIpc) is 2.76. The Kier molecular flexibility index (Phi) is 8.05. The molecule has 0 spiro atoms. The van der Waals surface area contributed by atoms with E-state index in [0.29, 0.717) is 17.7 Å². The van der Waals surface area contributed by atoms with Crippen LogP contribution < -0.4 is 5.32 Å². The van der Waals surface area contributed by atoms with Crippen molar-refractivity contribution in [3.8, 4) is 0 Å². The maximum absolute atomic E-state index is 13.4. The molecule has 8 heteroatoms. The Morgan fingerprint density at radius 3 is 2.27 bits per heavy atom. The number of carbonyl (C=O) groups is 1. The van der Waals surface area contributed by atoms with Gasteiger partial charge in [0.1, 0.15) is 5.82 Å². The van der Waals surface area contributed by atoms with Gasteiger partial charge in [-0.2, -0.15) is 4.31 Å². The van der Waals surface area contributed by atoms with Gasteiger partial charge in [0.15, 0.2) is 0 Å². The number of benzene rings is 3. The SMILES string of the molecule is CCc1cc(Br)cc(C)c1NC(=O)CN(Cc1ccc(F)cc1)S(=O)(=O)c1ccc(C)cc1. The maximum atomic E-state index is 13.4. The molecule has 33 heavy (non-hydrogen) atoms. The highest BCUT2D eigenvalue weighted by Gasteiger charge is 2.27. The van der Waals surface area contributed by atoms with E-state index in [4.69, 9.17) is 0 Å². The summed E-state index contributed by atoms with van der Waals surface area (Å²) < 4.78 is 42.2. The Morgan fingerprint density at radius 2 is 1.67 bits per heavy atom. The van der Waals surface area contributed by atoms with Crippen molar-refractivity contribution in [3.05, 3.63) is 93.2 Å². The van der Waals surface area contributed by atoms with Crippen LogP contribution in [0.15, 0.2) is 70.0 Å². The lowest BCUT2D eigenvalue weighted by Gasteiger charge is -2.23. The molecule has 174 valence electrons. The van der Waals surface area contributed by atoms with Crippen LogP contribution in [0.2, 0.25) is 0 Å². The summed E-state index contributed by atoms with van der Waals surface area (Å²) in [5.41, 5.74) is 4.01. The molecule has 0 radical (unpaired) electrons. The smallest absolute Gasteiger partial charge is 0.243 e. The van der Waals surface area contributed by atoms with Crippen LogP contribution in [0.5, 0.6) is 0 Å². The van der Waals surface area contributed by atoms with Gasteiger partial charge in [-0.25, -0.2) is 12.8 Å². The summed E-state index contributed by atoms with van der Waals surface area (Å²) in [6, 6.07) is 15.9. The molecule has 3 aromatic carbocycles. The van der Waals surface area contributed by atoms with E-state index in [9.17, 15) is 17.6 Å². The summed E-state index contributed by atoms with van der Waals surface area (Å²) in [5.74, 6) is -0.866. The molecule has 0 saturated heterocycles. The first-order valence-corrected chi connectivity index (χ1v) is 12.7. The van der Waals surface area contributed by atoms with Gasteiger partial charge >= 0.3 is 0 Å². The third-order valence-corrected chi connectivity index (χ3v) is 7.54. The van der Waals surface area contributed by atoms with E-state index in [0.717, 1.165) is 25.5 Å². The highest BCUT2D eigenvalue weighted by atomic mass is 79.9. The second-order valence-electron chi connectivity index (χ2n) is 7.87. The van der Waals surface area contributed by atoms with Crippen LogP contribution in [0, 0.1) is 19.7 Å². The molecule has 0 aromatic heterocycles. The molecule has 0 aliphatic rings. The quantitative estimate of drug-likeness (QED) is 0.410. The Hall–Kier alpha value is -2.55. The zero-order valence-corrected chi connectivity index (χ0v) is 21.1. The second-order valence-corrected chi connectivity index (χ2v) is 10.7. The van der Waals surface area contributed by atoms with Crippen LogP contribution in [-0.4, -0.2) is 25.2 Å². The van der Waals surface area contributed by atoms with Crippen molar-refractivity contribution in [3.63, 3.8) is 0 Å². The van der Waals surface area contributed by atoms with Crippen LogP contribution in [0.1, 0.15) is 29.2 Å². The first-order valence-electron chi connectivity index (χ1n) is 10.5. The van der Waals surface area contributed by atoms with Crippen molar-refractivity contribution in [2.45, 2.75) is 38.6 Å². The number of sulfonamides is 1. The highest BCUT2D eigenvalue weighted by molar-refractivity contribution is 9.10. The van der Waals surface area contributed by atoms with Crippen molar-refractivity contribution in [1.29, 1.82) is 0 Å². The van der Waals surface area contributed by atoms with Gasteiger partial charge in [0.2, 0.25) is 15.9 Å². The predicted molar refractivity (Wildman–Crippen MR) is 132 cm³/mol. The molecule has 0 bridgehead atoms. The number of nitrogens with one attached hydrogen (secondary N) is 1. The lowest BCUT2D eigenvalue weighted by Crippen LogP contribution is -2.37. The average molecular weight is 533 g/mol. The summed E-state index contributed by atoms with van der Waals surface area (Å²) in [5, 5.41) is 2.89. The fraction of sp³-hybridized carbons (Fsp3) is 0.240. The zero-order valence-electron chi connectivity index (χ0n) is 18.7. The lowest BCUT2D eigenvalue weighted by molar-refractivity contribution is -0.116. The van der Waals surface area contributed by atoms with Crippen molar-refractivity contribution in [2.24, 2.45) is 0 Å². The number of halogens is 2. The van der Waals surface area contributed by atoms with Crippen LogP contribution in [0.25, 0.3) is 0 Å². The molecule has 0 fully saturated rings. The van der Waals surface area contributed by atoms with E-state index in [2.05, 4.69) is 21.2 Å². The first kappa shape index (κ1) is 25.1. The molecular formula is C25H26BrFN2O3S. The number of nitrogens with zero attached hydrogens (tertiary/aromatic N) is 1. The molecule has 5 nitrogen and oxygen atoms in total. The van der Waals surface area contributed by atoms with Crippen LogP contribution in [0.3, 0.4) is 0 Å². The van der Waals surface area contributed by atoms with Gasteiger partial charge in [-0.15, -0.1) is 0 Å². The van der Waals surface area contributed by atoms with E-state index < -0.39 is 21.7 Å². The van der Waals surface area contributed by atoms with E-state index in [-0.39, 0.29) is 18.0 Å². The monoisotopic (exact) mass is 532 g/mol. The first-order chi connectivity index (χ1) is 15.6. The summed E-state index contributed by atoms with van der Waals surface area (Å²) >= 11 is 3.47. The minimum Gasteiger partial charge on any atom is -0.324 e. The van der Waals surface area contributed by atoms with Crippen LogP contribution in [-0.2, 0) is 27.8 Å². The van der Waals surface area contributed by atoms with Crippen molar-refractivity contribution in [2.75, 3.05) is 11.9 Å². The molecule has 0 heterocycles. The summed E-state index contributed by atoms with van der Waals surface area (Å²) in [7, 11) is -3.97. The van der Waals surface area contributed by atoms with E-state index >= 15 is 0 Å². The number of hydrogen-bond donors (Lipinski definition) is 1. The number of amides is 1. The molecule has 0 unspecified atom stereocenters. The Balaban J connectivity index is 1.92. The fourth-order valence-corrected chi connectivity index (χ4v) is 5.49. The van der Waals surface area contributed by atoms with Gasteiger partial charge < -0.3 is 5.32 Å². The molecule has 1 amide bonds. The normalized spacial score (nSPS) is 11.6. The molecule has 0 atom stereocenters. The molecule has 0 saturated carbocycles. The van der Waals surface area contributed by atoms with Crippen LogP contribution in [0.4, 0.5) is 10.1 Å². The minimum absolute atomic E-state index is 0.0656. The van der Waals surface area contributed by atoms with Gasteiger partial charge in [-0.05, 0) is 73.4 Å². The molecule has 3 rings (SSSR count). The van der Waals surface area contributed by atoms with E-state index in [1.54, 1.807) is 12.1 Å². The number of hydrogen-bond acceptors (Lipinski definition) is 3. The van der Waals surface area contributed by atoms with Gasteiger partial charge in [0, 0.05) is 16.7 Å². The Morgan fingerprint density at radius 1 is 1.03 bits per heavy atom. The van der Waals surface area contributed by atoms with E-state index in [1.807, 2.05) is 32.9 Å². The largest absolute Gasteiger partial charge is 0.324 e. The minimum atomic E-state index is -3.97. The van der Waals surface area contributed by atoms with E-state index in [1.165, 1.54) is 36.4 Å². The standard InChI is InChI=1S/C25H26BrFN2O3S/c1-4-20-14-21(26)13-18(3)25(20)28-24(30)16-29(15-19-7-9-22(27)10-8-19)33(31,32)23-11-5-17(2)6-12-23/h5-14H,4,15-16H2,1-3H3,(H,28,30). The Labute approximate surface area is 202 Å². The molecule has 3 aromatic rings. The number of anilines is 1. The molecule has 0 aliphatic carbocycles. The number of carbonyl (C=O) groups excluding carboxylic acids is 1. The van der Waals surface area contributed by atoms with Gasteiger partial charge in [0.05, 0.1) is 11.4 Å². The molecular weight excluding hydrogens is 507 g/mol. The van der Waals surface area contributed by atoms with Crippen molar-refractivity contribution >= 4 is 37.5 Å². The van der Waals surface area contributed by atoms with Crippen molar-refractivity contribution in [1.82, 2.24) is 4.31 Å². The van der Waals surface area contributed by atoms with Crippen molar-refractivity contribution < 1.29 is 17.6 Å². The lowest BCUT2D eigenvalue weighted by atomic mass is 10.1. The highest BCUT2D eigenvalue weighted by Crippen LogP contribution is 2.27. The fourth-order valence-electron chi connectivity index (χ4n) is 3.49. The topological polar surface area (TPSA) is 66.5 Å². The Bertz CT molecular complexity index is 1240. The second kappa shape index (κ2) is 10.6. The van der Waals surface area contributed by atoms with Crippen LogP contribution >= 0.6 is 15.9 Å². The third kappa shape index (κ3) is 6.28. The van der Waals surface area contributed by atoms with Gasteiger partial charge in [0.25, 0.3) is 0 Å². The number of aryl methyl sites for hydroxylation is 3. The summed E-state index contributed by atoms with van der Waals surface area (Å²) in [6.45, 7) is 5.29. The summed E-state index contributed by atoms with van der Waals surface area (Å²) in [6.07, 6.45) is 0.705. The third-order valence-electron chi connectivity index (χ3n) is 5.28. The summed E-state index contributed by atoms with van der Waals surface area (Å²) in [4.78, 5) is 13.1.